The third kappa shape index (κ3) is 19.1. The molecule has 2 amide bonds. The number of carbonyl (C=O) groups excluding carboxylic acids is 4. The maximum Gasteiger partial charge on any atom is 0.307 e. The average molecular weight is 1130 g/mol. The molecule has 0 bridgehead atoms. The summed E-state index contributed by atoms with van der Waals surface area (Å²) < 4.78 is 23.7. The molecule has 3 aliphatic heterocycles. The molecule has 76 heavy (non-hydrogen) atoms. The fraction of sp³-hybridized carbons (Fsp3) is 0.672. The zero-order valence-corrected chi connectivity index (χ0v) is 47.7. The Kier molecular flexibility index (Phi) is 25.8. The van der Waals surface area contributed by atoms with Crippen molar-refractivity contribution in [3.05, 3.63) is 78.7 Å². The zero-order valence-electron chi connectivity index (χ0n) is 44.7. The van der Waals surface area contributed by atoms with E-state index in [-0.39, 0.29) is 49.4 Å². The Balaban J connectivity index is 0.665. The Hall–Kier alpha value is -3.47. The van der Waals surface area contributed by atoms with Crippen molar-refractivity contribution >= 4 is 75.9 Å². The topological polar surface area (TPSA) is 143 Å². The van der Waals surface area contributed by atoms with Crippen LogP contribution in [0.15, 0.2) is 83.7 Å². The highest BCUT2D eigenvalue weighted by Crippen LogP contribution is 2.36. The molecule has 0 aromatic carbocycles. The number of allylic oxidation sites excluding steroid dienone is 10. The van der Waals surface area contributed by atoms with Crippen molar-refractivity contribution in [1.82, 2.24) is 24.9 Å². The molecule has 1 fully saturated rings. The normalized spacial score (nSPS) is 22.0. The van der Waals surface area contributed by atoms with Gasteiger partial charge in [-0.15, -0.1) is 0 Å². The summed E-state index contributed by atoms with van der Waals surface area (Å²) in [6.45, 7) is 8.46. The fourth-order valence-corrected chi connectivity index (χ4v) is 11.8. The number of nitrogens with zero attached hydrogens (tertiary/aromatic N) is 5. The second-order valence-corrected chi connectivity index (χ2v) is 22.5. The molecule has 1 saturated heterocycles. The number of halogens is 4. The lowest BCUT2D eigenvalue weighted by atomic mass is 9.93. The van der Waals surface area contributed by atoms with Gasteiger partial charge in [-0.3, -0.25) is 38.9 Å². The molecule has 0 spiro atoms. The van der Waals surface area contributed by atoms with Gasteiger partial charge in [0.1, 0.15) is 0 Å². The molecule has 0 aromatic heterocycles. The van der Waals surface area contributed by atoms with Gasteiger partial charge in [0.05, 0.1) is 39.6 Å². The lowest BCUT2D eigenvalue weighted by molar-refractivity contribution is -0.153. The molecule has 7 aliphatic rings. The number of hydrogen-bond donors (Lipinski definition) is 1. The van der Waals surface area contributed by atoms with Gasteiger partial charge >= 0.3 is 11.9 Å². The van der Waals surface area contributed by atoms with E-state index in [4.69, 9.17) is 65.4 Å². The van der Waals surface area contributed by atoms with Crippen LogP contribution in [0, 0.1) is 0 Å². The van der Waals surface area contributed by atoms with Gasteiger partial charge in [0.15, 0.2) is 13.5 Å². The Bertz CT molecular complexity index is 2250. The van der Waals surface area contributed by atoms with Gasteiger partial charge in [0.25, 0.3) is 0 Å². The van der Waals surface area contributed by atoms with Crippen molar-refractivity contribution in [2.45, 2.75) is 173 Å². The Morgan fingerprint density at radius 3 is 1.76 bits per heavy atom. The predicted octanol–water partition coefficient (Wildman–Crippen LogP) is 11.8. The number of carbonyl (C=O) groups is 4. The maximum atomic E-state index is 13.0. The lowest BCUT2D eigenvalue weighted by Crippen LogP contribution is -2.46. The largest absolute Gasteiger partial charge is 0.444 e. The second kappa shape index (κ2) is 32.6. The van der Waals surface area contributed by atoms with E-state index in [1.54, 1.807) is 9.80 Å². The van der Waals surface area contributed by atoms with Gasteiger partial charge < -0.3 is 29.2 Å². The number of ether oxygens (including phenoxy) is 4. The van der Waals surface area contributed by atoms with Crippen molar-refractivity contribution in [3.63, 3.8) is 0 Å². The van der Waals surface area contributed by atoms with Gasteiger partial charge in [-0.25, -0.2) is 0 Å². The highest BCUT2D eigenvalue weighted by Gasteiger charge is 2.32. The summed E-state index contributed by atoms with van der Waals surface area (Å²) in [5, 5.41) is 6.14. The number of aliphatic imine (C=N–C) groups is 1. The number of hydrogen-bond acceptors (Lipinski definition) is 12. The predicted molar refractivity (Wildman–Crippen MR) is 302 cm³/mol. The standard InChI is InChI=1S/C58H82Cl4N6O8/c59-47-15-13-17-49(57(47)61)64-31-30-63-29-9-11-37-73-45-25-21-43-23-27-53(69)67(51(43)39-45)41-75-55(71)19-7-5-3-1-2-4-6-8-20-56(72)76-42-68-52-40-46(26-22-44(52)24-28-54(68)70)74-38-12-10-32-65-33-35-66(36-34-65)50-18-14-16-48(60)58(50)62/h16,21-22,25-26,45-46,63H,1-15,17-20,23-24,27-42H2. The molecule has 4 aliphatic carbocycles. The number of amides is 2. The number of piperazine rings is 1. The molecule has 2 unspecified atom stereocenters. The van der Waals surface area contributed by atoms with Crippen LogP contribution in [0.1, 0.15) is 161 Å². The number of rotatable bonds is 31. The van der Waals surface area contributed by atoms with E-state index in [9.17, 15) is 19.2 Å². The van der Waals surface area contributed by atoms with Crippen LogP contribution in [0.4, 0.5) is 0 Å². The van der Waals surface area contributed by atoms with Gasteiger partial charge in [-0.05, 0) is 108 Å². The zero-order chi connectivity index (χ0) is 53.5. The van der Waals surface area contributed by atoms with E-state index in [0.717, 1.165) is 183 Å². The van der Waals surface area contributed by atoms with Gasteiger partial charge in [-0.2, -0.15) is 0 Å². The monoisotopic (exact) mass is 1130 g/mol. The smallest absolute Gasteiger partial charge is 0.307 e. The summed E-state index contributed by atoms with van der Waals surface area (Å²) in [4.78, 5) is 64.2. The van der Waals surface area contributed by atoms with Crippen molar-refractivity contribution in [3.8, 4) is 0 Å². The Morgan fingerprint density at radius 1 is 0.605 bits per heavy atom. The number of esters is 2. The first-order valence-corrected chi connectivity index (χ1v) is 30.0. The quantitative estimate of drug-likeness (QED) is 0.0523. The molecule has 3 heterocycles. The first-order valence-electron chi connectivity index (χ1n) is 28.5. The molecule has 0 saturated carbocycles. The van der Waals surface area contributed by atoms with Crippen molar-refractivity contribution in [1.29, 1.82) is 0 Å². The first kappa shape index (κ1) is 60.2. The SMILES string of the molecule is O=C(CCCCCCCCCCC(=O)OCN1C(=O)CCC2=C1CC(OCCCCN1CCN(C3=C(Cl)C(Cl)=CCC3)CC1)C=C2)OCN1C(=O)CCC2=C1CC(OCCCCNCCN=C1CCCC(Cl)=C1Cl)C=C2. The van der Waals surface area contributed by atoms with E-state index in [1.165, 1.54) is 5.70 Å². The Labute approximate surface area is 471 Å². The van der Waals surface area contributed by atoms with Gasteiger partial charge in [-0.1, -0.05) is 115 Å². The number of nitrogens with one attached hydrogen (secondary N) is 1. The van der Waals surface area contributed by atoms with Crippen LogP contribution in [0.2, 0.25) is 0 Å². The molecule has 0 radical (unpaired) electrons. The van der Waals surface area contributed by atoms with Crippen LogP contribution in [0.25, 0.3) is 0 Å². The fourth-order valence-electron chi connectivity index (χ4n) is 10.8. The van der Waals surface area contributed by atoms with E-state index in [0.29, 0.717) is 91.3 Å². The van der Waals surface area contributed by atoms with Gasteiger partial charge in [0.2, 0.25) is 11.8 Å². The van der Waals surface area contributed by atoms with Crippen LogP contribution in [0.3, 0.4) is 0 Å². The second-order valence-electron chi connectivity index (χ2n) is 20.9. The third-order valence-corrected chi connectivity index (χ3v) is 17.1. The molecule has 14 nitrogen and oxygen atoms in total. The lowest BCUT2D eigenvalue weighted by Gasteiger charge is -2.38. The third-order valence-electron chi connectivity index (χ3n) is 15.3. The summed E-state index contributed by atoms with van der Waals surface area (Å²) in [5.74, 6) is -0.608. The Morgan fingerprint density at radius 2 is 1.17 bits per heavy atom. The first-order chi connectivity index (χ1) is 37.0. The molecular formula is C58H82Cl4N6O8. The van der Waals surface area contributed by atoms with Crippen LogP contribution < -0.4 is 5.32 Å². The van der Waals surface area contributed by atoms with E-state index >= 15 is 0 Å². The minimum absolute atomic E-state index is 0.0156. The molecular weight excluding hydrogens is 1050 g/mol. The summed E-state index contributed by atoms with van der Waals surface area (Å²) in [6, 6.07) is 0. The van der Waals surface area contributed by atoms with Crippen molar-refractivity contribution in [2.75, 3.05) is 79.0 Å². The van der Waals surface area contributed by atoms with Crippen LogP contribution in [-0.2, 0) is 38.1 Å². The molecule has 420 valence electrons. The minimum atomic E-state index is -0.287. The summed E-state index contributed by atoms with van der Waals surface area (Å²) >= 11 is 25.3. The molecule has 0 aromatic rings. The summed E-state index contributed by atoms with van der Waals surface area (Å²) in [7, 11) is 0. The van der Waals surface area contributed by atoms with Crippen LogP contribution in [0.5, 0.6) is 0 Å². The van der Waals surface area contributed by atoms with Crippen molar-refractivity contribution < 1.29 is 38.1 Å². The highest BCUT2D eigenvalue weighted by atomic mass is 35.5. The molecule has 2 atom stereocenters. The summed E-state index contributed by atoms with van der Waals surface area (Å²) in [6.07, 6.45) is 30.1. The average Bonchev–Trinajstić information content (AvgIpc) is 3.42. The van der Waals surface area contributed by atoms with Crippen LogP contribution in [-0.4, -0.2) is 140 Å². The molecule has 18 heteroatoms. The number of unbranched alkanes of at least 4 members (excludes halogenated alkanes) is 9. The van der Waals surface area contributed by atoms with Crippen molar-refractivity contribution in [2.24, 2.45) is 4.99 Å². The van der Waals surface area contributed by atoms with Gasteiger partial charge in [0, 0.05) is 107 Å². The van der Waals surface area contributed by atoms with E-state index in [1.807, 2.05) is 6.08 Å². The maximum absolute atomic E-state index is 13.0. The minimum Gasteiger partial charge on any atom is -0.444 e. The highest BCUT2D eigenvalue weighted by molar-refractivity contribution is 6.49. The van der Waals surface area contributed by atoms with E-state index in [2.05, 4.69) is 44.4 Å². The van der Waals surface area contributed by atoms with E-state index < -0.39 is 0 Å². The molecule has 1 N–H and O–H groups in total. The summed E-state index contributed by atoms with van der Waals surface area (Å²) in [5.41, 5.74) is 6.13. The molecule has 7 rings (SSSR count). The van der Waals surface area contributed by atoms with Crippen LogP contribution >= 0.6 is 46.4 Å².